The highest BCUT2D eigenvalue weighted by molar-refractivity contribution is 7.99. The number of aromatic nitrogens is 2. The van der Waals surface area contributed by atoms with Gasteiger partial charge in [-0.3, -0.25) is 9.59 Å². The molecule has 1 aliphatic heterocycles. The molecule has 1 aliphatic rings. The molecule has 6 nitrogen and oxygen atoms in total. The van der Waals surface area contributed by atoms with Gasteiger partial charge in [0.1, 0.15) is 6.54 Å². The van der Waals surface area contributed by atoms with Crippen LogP contribution in [0, 0.1) is 11.8 Å². The van der Waals surface area contributed by atoms with E-state index >= 15 is 0 Å². The first-order valence-electron chi connectivity index (χ1n) is 11.3. The van der Waals surface area contributed by atoms with E-state index in [1.54, 1.807) is 0 Å². The zero-order valence-electron chi connectivity index (χ0n) is 19.7. The molecule has 2 atom stereocenters. The minimum Gasteiger partial charge on any atom is -0.341 e. The highest BCUT2D eigenvalue weighted by atomic mass is 32.2. The number of para-hydroxylation sites is 2. The third kappa shape index (κ3) is 5.62. The Morgan fingerprint density at radius 2 is 1.71 bits per heavy atom. The second-order valence-corrected chi connectivity index (χ2v) is 10.4. The highest BCUT2D eigenvalue weighted by Gasteiger charge is 2.27. The van der Waals surface area contributed by atoms with Crippen molar-refractivity contribution in [3.8, 4) is 0 Å². The molecule has 2 amide bonds. The molecule has 2 heterocycles. The Morgan fingerprint density at radius 3 is 2.32 bits per heavy atom. The van der Waals surface area contributed by atoms with Gasteiger partial charge >= 0.3 is 0 Å². The molecule has 0 N–H and O–H groups in total. The van der Waals surface area contributed by atoms with Crippen LogP contribution in [0.4, 0.5) is 0 Å². The zero-order chi connectivity index (χ0) is 22.7. The molecular formula is C24H36N4O2S. The number of carbonyl (C=O) groups is 2. The van der Waals surface area contributed by atoms with Gasteiger partial charge in [0.2, 0.25) is 11.8 Å². The maximum atomic E-state index is 13.2. The molecule has 3 rings (SSSR count). The quantitative estimate of drug-likeness (QED) is 0.598. The summed E-state index contributed by atoms with van der Waals surface area (Å²) in [6, 6.07) is 8.18. The Labute approximate surface area is 190 Å². The van der Waals surface area contributed by atoms with Gasteiger partial charge < -0.3 is 14.4 Å². The Balaban J connectivity index is 1.80. The molecule has 2 aromatic rings. The average molecular weight is 445 g/mol. The molecule has 0 saturated carbocycles. The molecule has 1 fully saturated rings. The fourth-order valence-corrected chi connectivity index (χ4v) is 5.67. The average Bonchev–Trinajstić information content (AvgIpc) is 3.02. The number of fused-ring (bicyclic) bond motifs is 1. The van der Waals surface area contributed by atoms with Crippen molar-refractivity contribution in [1.29, 1.82) is 0 Å². The van der Waals surface area contributed by atoms with Crippen LogP contribution < -0.4 is 0 Å². The lowest BCUT2D eigenvalue weighted by molar-refractivity contribution is -0.134. The minimum absolute atomic E-state index is 0.0959. The first-order valence-corrected chi connectivity index (χ1v) is 12.3. The summed E-state index contributed by atoms with van der Waals surface area (Å²) in [5.74, 6) is 1.58. The maximum absolute atomic E-state index is 13.2. The van der Waals surface area contributed by atoms with Crippen LogP contribution in [0.15, 0.2) is 29.4 Å². The van der Waals surface area contributed by atoms with Gasteiger partial charge in [-0.1, -0.05) is 37.7 Å². The number of thioether (sulfide) groups is 1. The molecular weight excluding hydrogens is 408 g/mol. The number of likely N-dealkylation sites (tertiary alicyclic amines) is 1. The van der Waals surface area contributed by atoms with E-state index < -0.39 is 0 Å². The smallest absolute Gasteiger partial charge is 0.242 e. The van der Waals surface area contributed by atoms with E-state index in [0.29, 0.717) is 17.6 Å². The van der Waals surface area contributed by atoms with Crippen LogP contribution in [-0.4, -0.2) is 62.1 Å². The first-order chi connectivity index (χ1) is 14.7. The topological polar surface area (TPSA) is 58.4 Å². The lowest BCUT2D eigenvalue weighted by atomic mass is 9.92. The van der Waals surface area contributed by atoms with Gasteiger partial charge in [0, 0.05) is 25.2 Å². The van der Waals surface area contributed by atoms with Crippen LogP contribution in [0.1, 0.15) is 48.0 Å². The van der Waals surface area contributed by atoms with Crippen molar-refractivity contribution in [1.82, 2.24) is 19.4 Å². The number of rotatable bonds is 7. The lowest BCUT2D eigenvalue weighted by Crippen LogP contribution is -2.44. The number of carbonyl (C=O) groups excluding carboxylic acids is 2. The fraction of sp³-hybridized carbons (Fsp3) is 0.625. The van der Waals surface area contributed by atoms with Crippen molar-refractivity contribution in [3.05, 3.63) is 24.3 Å². The summed E-state index contributed by atoms with van der Waals surface area (Å²) in [5, 5.41) is 0.730. The number of hydrogen-bond acceptors (Lipinski definition) is 4. The van der Waals surface area contributed by atoms with Crippen LogP contribution in [0.25, 0.3) is 11.0 Å². The van der Waals surface area contributed by atoms with Crippen molar-refractivity contribution < 1.29 is 9.59 Å². The molecule has 1 aromatic heterocycles. The minimum atomic E-state index is 0.0959. The molecule has 1 aromatic carbocycles. The second-order valence-electron chi connectivity index (χ2n) is 9.49. The van der Waals surface area contributed by atoms with Crippen LogP contribution >= 0.6 is 11.8 Å². The van der Waals surface area contributed by atoms with E-state index in [9.17, 15) is 9.59 Å². The molecule has 0 aliphatic carbocycles. The largest absolute Gasteiger partial charge is 0.341 e. The van der Waals surface area contributed by atoms with E-state index in [2.05, 4.69) is 13.8 Å². The molecule has 0 radical (unpaired) electrons. The number of imidazole rings is 1. The summed E-state index contributed by atoms with van der Waals surface area (Å²) in [6.45, 7) is 14.5. The number of amides is 2. The second kappa shape index (κ2) is 10.1. The molecule has 31 heavy (non-hydrogen) atoms. The molecule has 0 unspecified atom stereocenters. The summed E-state index contributed by atoms with van der Waals surface area (Å²) in [6.07, 6.45) is 1.17. The Kier molecular flexibility index (Phi) is 7.68. The summed E-state index contributed by atoms with van der Waals surface area (Å²) in [4.78, 5) is 34.7. The maximum Gasteiger partial charge on any atom is 0.242 e. The Morgan fingerprint density at radius 1 is 1.10 bits per heavy atom. The SMILES string of the molecule is CC(C)N(C(=O)CSc1nc2ccccc2n1CC(=O)N1C[C@H](C)C[C@@H](C)C1)C(C)C. The number of hydrogen-bond donors (Lipinski definition) is 0. The van der Waals surface area contributed by atoms with Gasteiger partial charge in [-0.25, -0.2) is 4.98 Å². The molecule has 170 valence electrons. The van der Waals surface area contributed by atoms with E-state index in [1.165, 1.54) is 18.2 Å². The molecule has 1 saturated heterocycles. The van der Waals surface area contributed by atoms with E-state index in [0.717, 1.165) is 29.3 Å². The molecule has 0 spiro atoms. The number of benzene rings is 1. The van der Waals surface area contributed by atoms with E-state index in [1.807, 2.05) is 66.3 Å². The Hall–Kier alpha value is -2.02. The van der Waals surface area contributed by atoms with Gasteiger partial charge in [-0.15, -0.1) is 0 Å². The highest BCUT2D eigenvalue weighted by Crippen LogP contribution is 2.26. The van der Waals surface area contributed by atoms with Gasteiger partial charge in [0.05, 0.1) is 16.8 Å². The third-order valence-corrected chi connectivity index (χ3v) is 6.82. The normalized spacial score (nSPS) is 19.4. The third-order valence-electron chi connectivity index (χ3n) is 5.86. The first kappa shape index (κ1) is 23.6. The lowest BCUT2D eigenvalue weighted by Gasteiger charge is -2.35. The van der Waals surface area contributed by atoms with Crippen LogP contribution in [0.3, 0.4) is 0 Å². The zero-order valence-corrected chi connectivity index (χ0v) is 20.5. The standard InChI is InChI=1S/C24H36N4O2S/c1-16(2)28(17(3)4)23(30)15-31-24-25-20-9-7-8-10-21(20)27(24)14-22(29)26-12-18(5)11-19(6)13-26/h7-10,16-19H,11-15H2,1-6H3/t18-,19-/m1/s1. The van der Waals surface area contributed by atoms with Gasteiger partial charge in [-0.2, -0.15) is 0 Å². The van der Waals surface area contributed by atoms with E-state index in [4.69, 9.17) is 4.98 Å². The van der Waals surface area contributed by atoms with Crippen LogP contribution in [0.2, 0.25) is 0 Å². The Bertz CT molecular complexity index is 905. The summed E-state index contributed by atoms with van der Waals surface area (Å²) in [7, 11) is 0. The van der Waals surface area contributed by atoms with E-state index in [-0.39, 0.29) is 30.4 Å². The van der Waals surface area contributed by atoms with Crippen molar-refractivity contribution in [2.45, 2.75) is 71.7 Å². The van der Waals surface area contributed by atoms with Crippen molar-refractivity contribution in [3.63, 3.8) is 0 Å². The predicted octanol–water partition coefficient (Wildman–Crippen LogP) is 4.28. The van der Waals surface area contributed by atoms with Gasteiger partial charge in [0.25, 0.3) is 0 Å². The van der Waals surface area contributed by atoms with Gasteiger partial charge in [0.15, 0.2) is 5.16 Å². The monoisotopic (exact) mass is 444 g/mol. The predicted molar refractivity (Wildman–Crippen MR) is 127 cm³/mol. The molecule has 7 heteroatoms. The summed E-state index contributed by atoms with van der Waals surface area (Å²) >= 11 is 1.42. The van der Waals surface area contributed by atoms with Crippen molar-refractivity contribution in [2.24, 2.45) is 11.8 Å². The van der Waals surface area contributed by atoms with Crippen molar-refractivity contribution in [2.75, 3.05) is 18.8 Å². The van der Waals surface area contributed by atoms with Crippen molar-refractivity contribution >= 4 is 34.6 Å². The molecule has 0 bridgehead atoms. The number of piperidine rings is 1. The summed E-state index contributed by atoms with van der Waals surface area (Å²) < 4.78 is 1.98. The van der Waals surface area contributed by atoms with Crippen LogP contribution in [-0.2, 0) is 16.1 Å². The number of nitrogens with zero attached hydrogens (tertiary/aromatic N) is 4. The van der Waals surface area contributed by atoms with Crippen LogP contribution in [0.5, 0.6) is 0 Å². The van der Waals surface area contributed by atoms with Gasteiger partial charge in [-0.05, 0) is 58.1 Å². The summed E-state index contributed by atoms with van der Waals surface area (Å²) in [5.41, 5.74) is 1.80. The fourth-order valence-electron chi connectivity index (χ4n) is 4.79.